The number of rotatable bonds is 6. The molecule has 1 amide bonds. The van der Waals surface area contributed by atoms with Crippen LogP contribution in [-0.2, 0) is 0 Å². The van der Waals surface area contributed by atoms with Crippen LogP contribution in [0.5, 0.6) is 11.5 Å². The monoisotopic (exact) mass is 496 g/mol. The number of fused-ring (bicyclic) bond motifs is 1. The Hall–Kier alpha value is -4.35. The van der Waals surface area contributed by atoms with Crippen LogP contribution in [0.3, 0.4) is 0 Å². The van der Waals surface area contributed by atoms with E-state index in [0.29, 0.717) is 45.0 Å². The average molecular weight is 497 g/mol. The lowest BCUT2D eigenvalue weighted by atomic mass is 10.0. The van der Waals surface area contributed by atoms with Gasteiger partial charge in [0.15, 0.2) is 5.58 Å². The quantitative estimate of drug-likeness (QED) is 0.378. The molecule has 3 heterocycles. The summed E-state index contributed by atoms with van der Waals surface area (Å²) in [6.45, 7) is 1.83. The Morgan fingerprint density at radius 2 is 1.97 bits per heavy atom. The first-order chi connectivity index (χ1) is 17.9. The molecular weight excluding hydrogens is 468 g/mol. The molecule has 0 radical (unpaired) electrons. The van der Waals surface area contributed by atoms with Gasteiger partial charge in [0.05, 0.1) is 18.2 Å². The Labute approximate surface area is 215 Å². The highest BCUT2D eigenvalue weighted by molar-refractivity contribution is 5.96. The van der Waals surface area contributed by atoms with Crippen molar-refractivity contribution in [3.05, 3.63) is 65.9 Å². The number of nitriles is 1. The molecule has 0 bridgehead atoms. The number of hydrogen-bond donors (Lipinski definition) is 0. The zero-order chi connectivity index (χ0) is 26.1. The lowest BCUT2D eigenvalue weighted by Crippen LogP contribution is -2.21. The summed E-state index contributed by atoms with van der Waals surface area (Å²) in [5.41, 5.74) is 4.64. The van der Waals surface area contributed by atoms with E-state index >= 15 is 0 Å². The minimum absolute atomic E-state index is 0.0811. The maximum Gasteiger partial charge on any atom is 0.253 e. The third-order valence-electron chi connectivity index (χ3n) is 6.58. The van der Waals surface area contributed by atoms with Gasteiger partial charge in [0.25, 0.3) is 5.91 Å². The maximum atomic E-state index is 12.4. The van der Waals surface area contributed by atoms with Gasteiger partial charge in [-0.3, -0.25) is 9.78 Å². The SMILES string of the molecule is COc1cc(C(=O)N(C)C)ccc1-c1cc2nccc(-c3ccc(OC4CCN(C)C4)c(C#N)c3)c2o1. The summed E-state index contributed by atoms with van der Waals surface area (Å²) in [6.07, 6.45) is 2.74. The third-order valence-corrected chi connectivity index (χ3v) is 6.58. The van der Waals surface area contributed by atoms with E-state index in [-0.39, 0.29) is 12.0 Å². The van der Waals surface area contributed by atoms with Gasteiger partial charge in [-0.15, -0.1) is 0 Å². The molecule has 0 spiro atoms. The van der Waals surface area contributed by atoms with Gasteiger partial charge >= 0.3 is 0 Å². The Kier molecular flexibility index (Phi) is 6.55. The van der Waals surface area contributed by atoms with E-state index in [9.17, 15) is 10.1 Å². The molecule has 1 aliphatic heterocycles. The summed E-state index contributed by atoms with van der Waals surface area (Å²) in [6, 6.07) is 16.9. The molecule has 0 N–H and O–H groups in total. The van der Waals surface area contributed by atoms with Crippen molar-refractivity contribution >= 4 is 17.0 Å². The molecule has 8 nitrogen and oxygen atoms in total. The van der Waals surface area contributed by atoms with Crippen molar-refractivity contribution < 1.29 is 18.7 Å². The van der Waals surface area contributed by atoms with Crippen LogP contribution in [0.1, 0.15) is 22.3 Å². The standard InChI is InChI=1S/C29H28N4O4/c1-32(2)29(34)19-5-7-23(26(14-19)35-4)27-15-24-28(37-27)22(9-11-31-24)18-6-8-25(20(13-18)16-30)36-21-10-12-33(3)17-21/h5-9,11,13-15,21H,10,12,17H2,1-4H3. The molecule has 2 aromatic carbocycles. The van der Waals surface area contributed by atoms with E-state index in [2.05, 4.69) is 23.0 Å². The van der Waals surface area contributed by atoms with Gasteiger partial charge in [-0.05, 0) is 55.4 Å². The summed E-state index contributed by atoms with van der Waals surface area (Å²) in [7, 11) is 7.04. The second-order valence-corrected chi connectivity index (χ2v) is 9.41. The fraction of sp³-hybridized carbons (Fsp3) is 0.276. The van der Waals surface area contributed by atoms with Crippen LogP contribution in [0, 0.1) is 11.3 Å². The summed E-state index contributed by atoms with van der Waals surface area (Å²) in [4.78, 5) is 20.6. The van der Waals surface area contributed by atoms with Gasteiger partial charge in [0.1, 0.15) is 34.9 Å². The van der Waals surface area contributed by atoms with Crippen molar-refractivity contribution in [1.29, 1.82) is 5.26 Å². The number of hydrogen-bond acceptors (Lipinski definition) is 7. The minimum atomic E-state index is -0.112. The largest absolute Gasteiger partial charge is 0.496 e. The Morgan fingerprint density at radius 3 is 2.68 bits per heavy atom. The molecule has 0 aliphatic carbocycles. The smallest absolute Gasteiger partial charge is 0.253 e. The number of pyridine rings is 1. The number of carbonyl (C=O) groups excluding carboxylic acids is 1. The number of nitrogens with zero attached hydrogens (tertiary/aromatic N) is 4. The van der Waals surface area contributed by atoms with Crippen molar-refractivity contribution in [2.24, 2.45) is 0 Å². The molecule has 0 saturated carbocycles. The number of aromatic nitrogens is 1. The van der Waals surface area contributed by atoms with E-state index in [4.69, 9.17) is 13.9 Å². The molecule has 2 aromatic heterocycles. The Balaban J connectivity index is 1.51. The van der Waals surface area contributed by atoms with Crippen molar-refractivity contribution in [2.45, 2.75) is 12.5 Å². The van der Waals surface area contributed by atoms with Crippen molar-refractivity contribution in [3.8, 4) is 40.0 Å². The van der Waals surface area contributed by atoms with Crippen LogP contribution in [0.4, 0.5) is 0 Å². The van der Waals surface area contributed by atoms with Gasteiger partial charge in [0.2, 0.25) is 0 Å². The van der Waals surface area contributed by atoms with Crippen molar-refractivity contribution in [2.75, 3.05) is 41.3 Å². The Morgan fingerprint density at radius 1 is 1.14 bits per heavy atom. The number of amides is 1. The average Bonchev–Trinajstić information content (AvgIpc) is 3.53. The van der Waals surface area contributed by atoms with E-state index in [1.807, 2.05) is 36.4 Å². The summed E-state index contributed by atoms with van der Waals surface area (Å²) < 4.78 is 18.0. The second kappa shape index (κ2) is 9.96. The van der Waals surface area contributed by atoms with Gasteiger partial charge in [-0.2, -0.15) is 5.26 Å². The molecule has 1 aliphatic rings. The summed E-state index contributed by atoms with van der Waals surface area (Å²) in [5, 5.41) is 9.82. The number of likely N-dealkylation sites (N-methyl/N-ethyl adjacent to an activating group) is 1. The molecule has 4 aromatic rings. The number of ether oxygens (including phenoxy) is 2. The molecule has 1 atom stereocenters. The predicted octanol–water partition coefficient (Wildman–Crippen LogP) is 4.83. The number of furan rings is 1. The second-order valence-electron chi connectivity index (χ2n) is 9.41. The highest BCUT2D eigenvalue weighted by Gasteiger charge is 2.23. The fourth-order valence-electron chi connectivity index (χ4n) is 4.64. The van der Waals surface area contributed by atoms with Crippen LogP contribution in [-0.4, -0.2) is 68.1 Å². The first kappa shape index (κ1) is 24.3. The van der Waals surface area contributed by atoms with Crippen molar-refractivity contribution in [3.63, 3.8) is 0 Å². The number of carbonyl (C=O) groups is 1. The minimum Gasteiger partial charge on any atom is -0.496 e. The van der Waals surface area contributed by atoms with Crippen LogP contribution in [0.2, 0.25) is 0 Å². The normalized spacial score (nSPS) is 15.5. The van der Waals surface area contributed by atoms with Crippen LogP contribution in [0.15, 0.2) is 59.1 Å². The molecule has 37 heavy (non-hydrogen) atoms. The van der Waals surface area contributed by atoms with Gasteiger partial charge in [-0.1, -0.05) is 6.07 Å². The lowest BCUT2D eigenvalue weighted by molar-refractivity contribution is 0.0827. The van der Waals surface area contributed by atoms with E-state index < -0.39 is 0 Å². The highest BCUT2D eigenvalue weighted by Crippen LogP contribution is 2.38. The molecule has 8 heteroatoms. The first-order valence-electron chi connectivity index (χ1n) is 12.1. The number of benzene rings is 2. The van der Waals surface area contributed by atoms with Crippen LogP contribution in [0.25, 0.3) is 33.6 Å². The van der Waals surface area contributed by atoms with E-state index in [1.165, 1.54) is 4.90 Å². The first-order valence-corrected chi connectivity index (χ1v) is 12.1. The number of likely N-dealkylation sites (tertiary alicyclic amines) is 1. The van der Waals surface area contributed by atoms with E-state index in [1.54, 1.807) is 39.5 Å². The molecule has 1 unspecified atom stereocenters. The highest BCUT2D eigenvalue weighted by atomic mass is 16.5. The van der Waals surface area contributed by atoms with Crippen LogP contribution < -0.4 is 9.47 Å². The molecular formula is C29H28N4O4. The molecule has 5 rings (SSSR count). The van der Waals surface area contributed by atoms with E-state index in [0.717, 1.165) is 30.6 Å². The lowest BCUT2D eigenvalue weighted by Gasteiger charge is -2.15. The summed E-state index contributed by atoms with van der Waals surface area (Å²) in [5.74, 6) is 1.58. The fourth-order valence-corrected chi connectivity index (χ4v) is 4.64. The van der Waals surface area contributed by atoms with Gasteiger partial charge < -0.3 is 23.7 Å². The molecule has 188 valence electrons. The molecule has 1 fully saturated rings. The predicted molar refractivity (Wildman–Crippen MR) is 141 cm³/mol. The summed E-state index contributed by atoms with van der Waals surface area (Å²) >= 11 is 0. The zero-order valence-electron chi connectivity index (χ0n) is 21.3. The Bertz CT molecular complexity index is 1520. The van der Waals surface area contributed by atoms with Gasteiger partial charge in [-0.25, -0.2) is 0 Å². The topological polar surface area (TPSA) is 91.8 Å². The van der Waals surface area contributed by atoms with Gasteiger partial charge in [0, 0.05) is 50.6 Å². The van der Waals surface area contributed by atoms with Crippen LogP contribution >= 0.6 is 0 Å². The third kappa shape index (κ3) is 4.74. The molecule has 1 saturated heterocycles. The number of methoxy groups -OCH3 is 1. The zero-order valence-corrected chi connectivity index (χ0v) is 21.3. The van der Waals surface area contributed by atoms with Crippen molar-refractivity contribution in [1.82, 2.24) is 14.8 Å². The maximum absolute atomic E-state index is 12.4.